The van der Waals surface area contributed by atoms with Gasteiger partial charge in [-0.1, -0.05) is 23.8 Å². The molecule has 2 rings (SSSR count). The minimum atomic E-state index is 0.603. The lowest BCUT2D eigenvalue weighted by Crippen LogP contribution is -2.21. The van der Waals surface area contributed by atoms with Gasteiger partial charge >= 0.3 is 0 Å². The molecule has 1 aliphatic rings. The molecule has 0 amide bonds. The number of hydrogen-bond donors (Lipinski definition) is 2. The second kappa shape index (κ2) is 4.33. The molecule has 15 heavy (non-hydrogen) atoms. The predicted molar refractivity (Wildman–Crippen MR) is 64.1 cm³/mol. The van der Waals surface area contributed by atoms with E-state index in [-0.39, 0.29) is 0 Å². The third-order valence-corrected chi connectivity index (χ3v) is 3.47. The summed E-state index contributed by atoms with van der Waals surface area (Å²) in [5, 5.41) is 3.43. The first-order valence-corrected chi connectivity index (χ1v) is 5.70. The molecule has 1 fully saturated rings. The molecular formula is C13H20N2. The smallest absolute Gasteiger partial charge is 0.00240 e. The third-order valence-electron chi connectivity index (χ3n) is 3.47. The average molecular weight is 204 g/mol. The summed E-state index contributed by atoms with van der Waals surface area (Å²) in [7, 11) is 0. The molecule has 82 valence electrons. The van der Waals surface area contributed by atoms with Crippen molar-refractivity contribution < 1.29 is 0 Å². The number of rotatable bonds is 2. The molecule has 1 aromatic rings. The highest BCUT2D eigenvalue weighted by atomic mass is 14.9. The van der Waals surface area contributed by atoms with E-state index in [1.165, 1.54) is 16.7 Å². The highest BCUT2D eigenvalue weighted by Gasteiger charge is 2.27. The minimum Gasteiger partial charge on any atom is -0.330 e. The van der Waals surface area contributed by atoms with Crippen molar-refractivity contribution in [2.75, 3.05) is 19.6 Å². The number of aryl methyl sites for hydroxylation is 2. The van der Waals surface area contributed by atoms with Crippen molar-refractivity contribution in [3.05, 3.63) is 34.9 Å². The molecule has 3 N–H and O–H groups in total. The van der Waals surface area contributed by atoms with E-state index >= 15 is 0 Å². The van der Waals surface area contributed by atoms with Crippen molar-refractivity contribution in [1.82, 2.24) is 5.32 Å². The molecule has 0 aromatic heterocycles. The summed E-state index contributed by atoms with van der Waals surface area (Å²) < 4.78 is 0. The van der Waals surface area contributed by atoms with Gasteiger partial charge in [-0.3, -0.25) is 0 Å². The van der Waals surface area contributed by atoms with Crippen molar-refractivity contribution in [3.8, 4) is 0 Å². The standard InChI is InChI=1S/C13H20N2/c1-9-3-4-12(10(2)5-9)13-8-15-7-11(13)6-14/h3-5,11,13,15H,6-8,14H2,1-2H3. The second-order valence-electron chi connectivity index (χ2n) is 4.62. The summed E-state index contributed by atoms with van der Waals surface area (Å²) in [5.41, 5.74) is 10.0. The summed E-state index contributed by atoms with van der Waals surface area (Å²) in [6, 6.07) is 6.74. The normalized spacial score (nSPS) is 25.8. The maximum absolute atomic E-state index is 5.80. The number of benzene rings is 1. The fourth-order valence-corrected chi connectivity index (χ4v) is 2.59. The molecule has 1 aliphatic heterocycles. The van der Waals surface area contributed by atoms with E-state index < -0.39 is 0 Å². The Morgan fingerprint density at radius 1 is 1.33 bits per heavy atom. The Morgan fingerprint density at radius 2 is 2.13 bits per heavy atom. The van der Waals surface area contributed by atoms with Gasteiger partial charge in [0.15, 0.2) is 0 Å². The Labute approximate surface area is 91.9 Å². The van der Waals surface area contributed by atoms with Crippen LogP contribution in [0.25, 0.3) is 0 Å². The minimum absolute atomic E-state index is 0.603. The quantitative estimate of drug-likeness (QED) is 0.767. The van der Waals surface area contributed by atoms with Gasteiger partial charge in [0.05, 0.1) is 0 Å². The van der Waals surface area contributed by atoms with Crippen molar-refractivity contribution in [3.63, 3.8) is 0 Å². The van der Waals surface area contributed by atoms with Crippen molar-refractivity contribution in [2.45, 2.75) is 19.8 Å². The Kier molecular flexibility index (Phi) is 3.08. The Hall–Kier alpha value is -0.860. The monoisotopic (exact) mass is 204 g/mol. The molecule has 2 unspecified atom stereocenters. The third kappa shape index (κ3) is 2.06. The topological polar surface area (TPSA) is 38.0 Å². The lowest BCUT2D eigenvalue weighted by molar-refractivity contribution is 0.529. The van der Waals surface area contributed by atoms with E-state index in [9.17, 15) is 0 Å². The van der Waals surface area contributed by atoms with Crippen LogP contribution in [-0.4, -0.2) is 19.6 Å². The summed E-state index contributed by atoms with van der Waals surface area (Å²) in [4.78, 5) is 0. The van der Waals surface area contributed by atoms with Gasteiger partial charge in [-0.2, -0.15) is 0 Å². The zero-order chi connectivity index (χ0) is 10.8. The first-order chi connectivity index (χ1) is 7.22. The van der Waals surface area contributed by atoms with E-state index in [1.807, 2.05) is 0 Å². The first-order valence-electron chi connectivity index (χ1n) is 5.70. The molecule has 0 bridgehead atoms. The molecule has 0 saturated carbocycles. The van der Waals surface area contributed by atoms with Gasteiger partial charge in [0.1, 0.15) is 0 Å². The largest absolute Gasteiger partial charge is 0.330 e. The zero-order valence-corrected chi connectivity index (χ0v) is 9.59. The van der Waals surface area contributed by atoms with Gasteiger partial charge in [0.25, 0.3) is 0 Å². The van der Waals surface area contributed by atoms with Crippen LogP contribution >= 0.6 is 0 Å². The predicted octanol–water partition coefficient (Wildman–Crippen LogP) is 1.57. The molecular weight excluding hydrogens is 184 g/mol. The molecule has 0 spiro atoms. The highest BCUT2D eigenvalue weighted by Crippen LogP contribution is 2.29. The van der Waals surface area contributed by atoms with Crippen LogP contribution in [0.5, 0.6) is 0 Å². The van der Waals surface area contributed by atoms with Crippen LogP contribution in [0.15, 0.2) is 18.2 Å². The van der Waals surface area contributed by atoms with Crippen molar-refractivity contribution >= 4 is 0 Å². The van der Waals surface area contributed by atoms with Crippen molar-refractivity contribution in [2.24, 2.45) is 11.7 Å². The van der Waals surface area contributed by atoms with E-state index in [0.29, 0.717) is 11.8 Å². The molecule has 2 atom stereocenters. The van der Waals surface area contributed by atoms with Crippen LogP contribution in [0.4, 0.5) is 0 Å². The lowest BCUT2D eigenvalue weighted by Gasteiger charge is -2.19. The highest BCUT2D eigenvalue weighted by molar-refractivity contribution is 5.34. The van der Waals surface area contributed by atoms with E-state index in [4.69, 9.17) is 5.73 Å². The van der Waals surface area contributed by atoms with Crippen molar-refractivity contribution in [1.29, 1.82) is 0 Å². The van der Waals surface area contributed by atoms with E-state index in [0.717, 1.165) is 19.6 Å². The second-order valence-corrected chi connectivity index (χ2v) is 4.62. The lowest BCUT2D eigenvalue weighted by atomic mass is 9.86. The Morgan fingerprint density at radius 3 is 2.80 bits per heavy atom. The van der Waals surface area contributed by atoms with Crippen LogP contribution in [0.3, 0.4) is 0 Å². The molecule has 1 heterocycles. The fourth-order valence-electron chi connectivity index (χ4n) is 2.59. The zero-order valence-electron chi connectivity index (χ0n) is 9.59. The molecule has 1 aromatic carbocycles. The summed E-state index contributed by atoms with van der Waals surface area (Å²) in [5.74, 6) is 1.21. The van der Waals surface area contributed by atoms with Gasteiger partial charge in [-0.05, 0) is 44.0 Å². The van der Waals surface area contributed by atoms with Crippen LogP contribution in [-0.2, 0) is 0 Å². The summed E-state index contributed by atoms with van der Waals surface area (Å²) >= 11 is 0. The number of nitrogens with two attached hydrogens (primary N) is 1. The number of hydrogen-bond acceptors (Lipinski definition) is 2. The first kappa shape index (κ1) is 10.7. The van der Waals surface area contributed by atoms with Gasteiger partial charge < -0.3 is 11.1 Å². The fraction of sp³-hybridized carbons (Fsp3) is 0.538. The molecule has 2 nitrogen and oxygen atoms in total. The van der Waals surface area contributed by atoms with E-state index in [1.54, 1.807) is 0 Å². The van der Waals surface area contributed by atoms with Crippen LogP contribution in [0, 0.1) is 19.8 Å². The molecule has 2 heteroatoms. The van der Waals surface area contributed by atoms with E-state index in [2.05, 4.69) is 37.4 Å². The Bertz CT molecular complexity index is 346. The van der Waals surface area contributed by atoms with Crippen LogP contribution < -0.4 is 11.1 Å². The van der Waals surface area contributed by atoms with Gasteiger partial charge in [-0.15, -0.1) is 0 Å². The summed E-state index contributed by atoms with van der Waals surface area (Å²) in [6.45, 7) is 7.27. The maximum atomic E-state index is 5.80. The molecule has 0 aliphatic carbocycles. The SMILES string of the molecule is Cc1ccc(C2CNCC2CN)c(C)c1. The Balaban J connectivity index is 2.28. The molecule has 0 radical (unpaired) electrons. The number of nitrogens with one attached hydrogen (secondary N) is 1. The van der Waals surface area contributed by atoms with Gasteiger partial charge in [0, 0.05) is 12.5 Å². The summed E-state index contributed by atoms with van der Waals surface area (Å²) in [6.07, 6.45) is 0. The average Bonchev–Trinajstić information content (AvgIpc) is 2.65. The van der Waals surface area contributed by atoms with Crippen LogP contribution in [0.1, 0.15) is 22.6 Å². The van der Waals surface area contributed by atoms with Gasteiger partial charge in [-0.25, -0.2) is 0 Å². The van der Waals surface area contributed by atoms with Gasteiger partial charge in [0.2, 0.25) is 0 Å². The van der Waals surface area contributed by atoms with Crippen LogP contribution in [0.2, 0.25) is 0 Å². The maximum Gasteiger partial charge on any atom is 0.00240 e. The molecule has 1 saturated heterocycles.